The number of pyridine rings is 1. The lowest BCUT2D eigenvalue weighted by Gasteiger charge is -2.03. The molecule has 1 heterocycles. The van der Waals surface area contributed by atoms with Crippen LogP contribution in [0.4, 0.5) is 8.78 Å². The molecule has 1 rings (SSSR count). The molecule has 6 heteroatoms. The molecular weight excluding hydrogens is 357 g/mol. The lowest BCUT2D eigenvalue weighted by atomic mass is 10.3. The van der Waals surface area contributed by atoms with E-state index < -0.39 is 6.43 Å². The molecule has 2 nitrogen and oxygen atoms in total. The molecule has 0 fully saturated rings. The van der Waals surface area contributed by atoms with Gasteiger partial charge in [-0.15, -0.1) is 0 Å². The SMILES string of the molecule is N#Cc1cc(Br)c(C(F)F)nc1I. The topological polar surface area (TPSA) is 36.7 Å². The maximum atomic E-state index is 12.3. The Labute approximate surface area is 95.2 Å². The normalized spacial score (nSPS) is 10.2. The molecule has 0 radical (unpaired) electrons. The summed E-state index contributed by atoms with van der Waals surface area (Å²) in [6.07, 6.45) is -2.63. The van der Waals surface area contributed by atoms with Crippen LogP contribution in [0.3, 0.4) is 0 Å². The van der Waals surface area contributed by atoms with Crippen molar-refractivity contribution in [3.8, 4) is 6.07 Å². The third kappa shape index (κ3) is 2.34. The Morgan fingerprint density at radius 2 is 2.23 bits per heavy atom. The highest BCUT2D eigenvalue weighted by molar-refractivity contribution is 14.1. The summed E-state index contributed by atoms with van der Waals surface area (Å²) in [6, 6.07) is 3.20. The summed E-state index contributed by atoms with van der Waals surface area (Å²) in [4.78, 5) is 3.61. The first-order valence-electron chi connectivity index (χ1n) is 3.10. The summed E-state index contributed by atoms with van der Waals surface area (Å²) in [5.74, 6) is 0. The Hall–Kier alpha value is -0.290. The highest BCUT2D eigenvalue weighted by Gasteiger charge is 2.16. The number of nitrogens with zero attached hydrogens (tertiary/aromatic N) is 2. The van der Waals surface area contributed by atoms with Gasteiger partial charge in [-0.05, 0) is 44.6 Å². The molecule has 0 unspecified atom stereocenters. The minimum Gasteiger partial charge on any atom is -0.238 e. The van der Waals surface area contributed by atoms with Gasteiger partial charge in [-0.2, -0.15) is 5.26 Å². The molecule has 0 bridgehead atoms. The monoisotopic (exact) mass is 358 g/mol. The van der Waals surface area contributed by atoms with Crippen molar-refractivity contribution in [2.75, 3.05) is 0 Å². The molecule has 0 aliphatic rings. The van der Waals surface area contributed by atoms with Crippen LogP contribution in [-0.2, 0) is 0 Å². The van der Waals surface area contributed by atoms with Crippen molar-refractivity contribution in [3.05, 3.63) is 25.5 Å². The van der Waals surface area contributed by atoms with Crippen LogP contribution < -0.4 is 0 Å². The van der Waals surface area contributed by atoms with E-state index in [4.69, 9.17) is 5.26 Å². The van der Waals surface area contributed by atoms with Crippen molar-refractivity contribution in [2.45, 2.75) is 6.43 Å². The van der Waals surface area contributed by atoms with E-state index in [9.17, 15) is 8.78 Å². The molecule has 0 saturated heterocycles. The van der Waals surface area contributed by atoms with Crippen LogP contribution >= 0.6 is 38.5 Å². The van der Waals surface area contributed by atoms with E-state index in [0.29, 0.717) is 3.70 Å². The second-order valence-corrected chi connectivity index (χ2v) is 3.98. The lowest BCUT2D eigenvalue weighted by molar-refractivity contribution is 0.145. The van der Waals surface area contributed by atoms with Gasteiger partial charge in [0.2, 0.25) is 0 Å². The molecule has 0 aromatic carbocycles. The lowest BCUT2D eigenvalue weighted by Crippen LogP contribution is -1.97. The van der Waals surface area contributed by atoms with E-state index in [1.54, 1.807) is 22.6 Å². The predicted octanol–water partition coefficient (Wildman–Crippen LogP) is 3.26. The zero-order valence-electron chi connectivity index (χ0n) is 6.06. The number of rotatable bonds is 1. The fourth-order valence-electron chi connectivity index (χ4n) is 0.711. The molecule has 0 saturated carbocycles. The minimum absolute atomic E-state index is 0.166. The summed E-state index contributed by atoms with van der Waals surface area (Å²) in [6.45, 7) is 0. The number of aromatic nitrogens is 1. The van der Waals surface area contributed by atoms with Crippen LogP contribution in [0.1, 0.15) is 17.7 Å². The van der Waals surface area contributed by atoms with Gasteiger partial charge in [0, 0.05) is 4.47 Å². The maximum Gasteiger partial charge on any atom is 0.281 e. The third-order valence-electron chi connectivity index (χ3n) is 1.28. The van der Waals surface area contributed by atoms with E-state index in [1.807, 2.05) is 6.07 Å². The average Bonchev–Trinajstić information content (AvgIpc) is 2.07. The van der Waals surface area contributed by atoms with Crippen LogP contribution in [0.25, 0.3) is 0 Å². The van der Waals surface area contributed by atoms with E-state index in [0.717, 1.165) is 0 Å². The molecular formula is C7H2BrF2IN2. The zero-order chi connectivity index (χ0) is 10.0. The molecule has 0 spiro atoms. The van der Waals surface area contributed by atoms with Crippen LogP contribution in [0, 0.1) is 15.0 Å². The Balaban J connectivity index is 3.31. The van der Waals surface area contributed by atoms with Gasteiger partial charge >= 0.3 is 0 Å². The molecule has 0 atom stereocenters. The second-order valence-electron chi connectivity index (χ2n) is 2.11. The molecule has 0 aliphatic carbocycles. The highest BCUT2D eigenvalue weighted by Crippen LogP contribution is 2.27. The van der Waals surface area contributed by atoms with E-state index in [-0.39, 0.29) is 15.7 Å². The van der Waals surface area contributed by atoms with Crippen molar-refractivity contribution in [1.29, 1.82) is 5.26 Å². The number of hydrogen-bond acceptors (Lipinski definition) is 2. The summed E-state index contributed by atoms with van der Waals surface area (Å²) < 4.78 is 25.0. The fourth-order valence-corrected chi connectivity index (χ4v) is 1.74. The van der Waals surface area contributed by atoms with Gasteiger partial charge in [0.1, 0.15) is 15.5 Å². The summed E-state index contributed by atoms with van der Waals surface area (Å²) in [5.41, 5.74) is -0.0414. The van der Waals surface area contributed by atoms with E-state index >= 15 is 0 Å². The zero-order valence-corrected chi connectivity index (χ0v) is 9.80. The second kappa shape index (κ2) is 4.28. The smallest absolute Gasteiger partial charge is 0.238 e. The Morgan fingerprint density at radius 3 is 2.69 bits per heavy atom. The largest absolute Gasteiger partial charge is 0.281 e. The molecule has 0 amide bonds. The first-order valence-corrected chi connectivity index (χ1v) is 4.97. The predicted molar refractivity (Wildman–Crippen MR) is 54.3 cm³/mol. The van der Waals surface area contributed by atoms with Crippen LogP contribution in [-0.4, -0.2) is 4.98 Å². The summed E-state index contributed by atoms with van der Waals surface area (Å²) in [5, 5.41) is 8.57. The van der Waals surface area contributed by atoms with Crippen molar-refractivity contribution in [1.82, 2.24) is 4.98 Å². The first-order chi connectivity index (χ1) is 6.06. The average molecular weight is 359 g/mol. The van der Waals surface area contributed by atoms with Gasteiger partial charge in [-0.3, -0.25) is 0 Å². The van der Waals surface area contributed by atoms with Crippen LogP contribution in [0.5, 0.6) is 0 Å². The standard InChI is InChI=1S/C7H2BrF2IN2/c8-4-1-3(2-12)7(11)13-5(4)6(9)10/h1,6H. The minimum atomic E-state index is -2.63. The van der Waals surface area contributed by atoms with Gasteiger partial charge in [0.15, 0.2) is 0 Å². The van der Waals surface area contributed by atoms with Crippen LogP contribution in [0.2, 0.25) is 0 Å². The Morgan fingerprint density at radius 1 is 1.62 bits per heavy atom. The van der Waals surface area contributed by atoms with Crippen molar-refractivity contribution >= 4 is 38.5 Å². The summed E-state index contributed by atoms with van der Waals surface area (Å²) in [7, 11) is 0. The first kappa shape index (κ1) is 10.8. The molecule has 0 aliphatic heterocycles. The van der Waals surface area contributed by atoms with Gasteiger partial charge in [-0.25, -0.2) is 13.8 Å². The Bertz CT molecular complexity index is 375. The van der Waals surface area contributed by atoms with Crippen molar-refractivity contribution in [3.63, 3.8) is 0 Å². The highest BCUT2D eigenvalue weighted by atomic mass is 127. The molecule has 0 N–H and O–H groups in total. The maximum absolute atomic E-state index is 12.3. The quantitative estimate of drug-likeness (QED) is 0.570. The molecule has 13 heavy (non-hydrogen) atoms. The number of alkyl halides is 2. The van der Waals surface area contributed by atoms with Crippen molar-refractivity contribution in [2.24, 2.45) is 0 Å². The van der Waals surface area contributed by atoms with E-state index in [1.165, 1.54) is 6.07 Å². The van der Waals surface area contributed by atoms with Gasteiger partial charge < -0.3 is 0 Å². The van der Waals surface area contributed by atoms with Gasteiger partial charge in [0.05, 0.1) is 5.56 Å². The van der Waals surface area contributed by atoms with Crippen LogP contribution in [0.15, 0.2) is 10.5 Å². The van der Waals surface area contributed by atoms with E-state index in [2.05, 4.69) is 20.9 Å². The third-order valence-corrected chi connectivity index (χ3v) is 2.74. The Kier molecular flexibility index (Phi) is 3.55. The molecule has 1 aromatic heterocycles. The summed E-state index contributed by atoms with van der Waals surface area (Å²) >= 11 is 4.67. The molecule has 68 valence electrons. The van der Waals surface area contributed by atoms with Crippen molar-refractivity contribution < 1.29 is 8.78 Å². The van der Waals surface area contributed by atoms with Gasteiger partial charge in [0.25, 0.3) is 6.43 Å². The number of nitriles is 1. The number of hydrogen-bond donors (Lipinski definition) is 0. The fraction of sp³-hybridized carbons (Fsp3) is 0.143. The van der Waals surface area contributed by atoms with Gasteiger partial charge in [-0.1, -0.05) is 0 Å². The number of halogens is 4. The molecule has 1 aromatic rings.